The molecule has 3 rings (SSSR count). The van der Waals surface area contributed by atoms with Crippen molar-refractivity contribution in [1.29, 1.82) is 10.7 Å². The van der Waals surface area contributed by atoms with E-state index in [1.54, 1.807) is 0 Å². The number of carbonyl (C=O) groups is 1. The van der Waals surface area contributed by atoms with Crippen molar-refractivity contribution >= 4 is 11.6 Å². The topological polar surface area (TPSA) is 97.2 Å². The summed E-state index contributed by atoms with van der Waals surface area (Å²) in [5.41, 5.74) is 4.23. The van der Waals surface area contributed by atoms with E-state index in [0.717, 1.165) is 6.07 Å². The molecule has 1 amide bonds. The summed E-state index contributed by atoms with van der Waals surface area (Å²) in [4.78, 5) is 15.4. The smallest absolute Gasteiger partial charge is 0.402 e. The van der Waals surface area contributed by atoms with Crippen molar-refractivity contribution in [2.24, 2.45) is 5.73 Å². The number of nitrogens with zero attached hydrogens (tertiary/aromatic N) is 3. The van der Waals surface area contributed by atoms with Gasteiger partial charge >= 0.3 is 6.18 Å². The number of rotatable bonds is 3. The van der Waals surface area contributed by atoms with Crippen LogP contribution in [0.4, 0.5) is 22.0 Å². The zero-order chi connectivity index (χ0) is 22.9. The second-order valence-corrected chi connectivity index (χ2v) is 7.54. The molecule has 11 heteroatoms. The van der Waals surface area contributed by atoms with Crippen LogP contribution in [0.25, 0.3) is 0 Å². The molecular weight excluding hydrogens is 433 g/mol. The number of nitriles is 1. The predicted octanol–water partition coefficient (Wildman–Crippen LogP) is 3.99. The molecule has 0 spiro atoms. The van der Waals surface area contributed by atoms with Gasteiger partial charge in [-0.1, -0.05) is 13.5 Å². The van der Waals surface area contributed by atoms with E-state index in [0.29, 0.717) is 24.7 Å². The molecular formula is C21H26F5N5O. The fourth-order valence-corrected chi connectivity index (χ4v) is 3.98. The molecule has 0 bridgehead atoms. The number of carbonyl (C=O) groups excluding carboxylic acids is 1. The summed E-state index contributed by atoms with van der Waals surface area (Å²) in [5.74, 6) is -4.83. The molecule has 0 aromatic heterocycles. The summed E-state index contributed by atoms with van der Waals surface area (Å²) >= 11 is 0. The monoisotopic (exact) mass is 459 g/mol. The standard InChI is InChI=1S/C20H20F5N5O.CH4.H2/c21-14-2-1-12(16(17(14)22)20(23,24)25)11-3-7-30(8-4-11)19(31)18(28)13-9-29(10-26)6-5-15(13)27;;/h1-2,11,28H,3-9,27H2;1H4;1H. The van der Waals surface area contributed by atoms with E-state index in [1.165, 1.54) is 9.80 Å². The van der Waals surface area contributed by atoms with Crippen LogP contribution >= 0.6 is 0 Å². The number of hydrogen-bond acceptors (Lipinski definition) is 5. The van der Waals surface area contributed by atoms with Crippen molar-refractivity contribution in [1.82, 2.24) is 9.80 Å². The Bertz CT molecular complexity index is 980. The summed E-state index contributed by atoms with van der Waals surface area (Å²) in [6, 6.07) is 1.61. The Hall–Kier alpha value is -3.16. The number of amides is 1. The van der Waals surface area contributed by atoms with Gasteiger partial charge in [0, 0.05) is 38.8 Å². The molecule has 3 N–H and O–H groups in total. The molecule has 1 saturated heterocycles. The third-order valence-electron chi connectivity index (χ3n) is 5.68. The highest BCUT2D eigenvalue weighted by molar-refractivity contribution is 6.44. The lowest BCUT2D eigenvalue weighted by atomic mass is 9.85. The van der Waals surface area contributed by atoms with Crippen molar-refractivity contribution < 1.29 is 28.2 Å². The zero-order valence-electron chi connectivity index (χ0n) is 16.4. The third kappa shape index (κ3) is 4.84. The van der Waals surface area contributed by atoms with Crippen LogP contribution in [0.3, 0.4) is 0 Å². The highest BCUT2D eigenvalue weighted by atomic mass is 19.4. The summed E-state index contributed by atoms with van der Waals surface area (Å²) in [5, 5.41) is 17.2. The molecule has 2 heterocycles. The van der Waals surface area contributed by atoms with Crippen molar-refractivity contribution in [3.05, 3.63) is 46.2 Å². The molecule has 1 fully saturated rings. The van der Waals surface area contributed by atoms with Gasteiger partial charge in [-0.25, -0.2) is 8.78 Å². The van der Waals surface area contributed by atoms with Gasteiger partial charge in [-0.2, -0.15) is 18.4 Å². The lowest BCUT2D eigenvalue weighted by molar-refractivity contribution is -0.141. The molecule has 176 valence electrons. The van der Waals surface area contributed by atoms with Gasteiger partial charge in [-0.15, -0.1) is 0 Å². The largest absolute Gasteiger partial charge is 0.419 e. The van der Waals surface area contributed by atoms with E-state index < -0.39 is 35.2 Å². The lowest BCUT2D eigenvalue weighted by Gasteiger charge is -2.34. The minimum Gasteiger partial charge on any atom is -0.402 e. The molecule has 6 nitrogen and oxygen atoms in total. The average Bonchev–Trinajstić information content (AvgIpc) is 2.74. The van der Waals surface area contributed by atoms with Gasteiger partial charge in [0.2, 0.25) is 0 Å². The van der Waals surface area contributed by atoms with Crippen LogP contribution in [0.5, 0.6) is 0 Å². The summed E-state index contributed by atoms with van der Waals surface area (Å²) in [6.45, 7) is 0.552. The first-order chi connectivity index (χ1) is 14.5. The van der Waals surface area contributed by atoms with Crippen LogP contribution in [0.15, 0.2) is 23.4 Å². The summed E-state index contributed by atoms with van der Waals surface area (Å²) < 4.78 is 67.2. The second-order valence-electron chi connectivity index (χ2n) is 7.54. The normalized spacial score (nSPS) is 17.6. The van der Waals surface area contributed by atoms with Gasteiger partial charge in [0.25, 0.3) is 5.91 Å². The maximum atomic E-state index is 13.9. The third-order valence-corrected chi connectivity index (χ3v) is 5.68. The van der Waals surface area contributed by atoms with E-state index in [9.17, 15) is 26.7 Å². The number of piperidine rings is 1. The van der Waals surface area contributed by atoms with Crippen molar-refractivity contribution in [3.8, 4) is 6.19 Å². The van der Waals surface area contributed by atoms with Crippen LogP contribution < -0.4 is 5.73 Å². The molecule has 0 atom stereocenters. The maximum absolute atomic E-state index is 13.9. The predicted molar refractivity (Wildman–Crippen MR) is 110 cm³/mol. The fraction of sp³-hybridized carbons (Fsp3) is 0.476. The van der Waals surface area contributed by atoms with Crippen molar-refractivity contribution in [3.63, 3.8) is 0 Å². The van der Waals surface area contributed by atoms with Gasteiger partial charge in [-0.05, 0) is 30.4 Å². The van der Waals surface area contributed by atoms with E-state index in [1.807, 2.05) is 6.19 Å². The van der Waals surface area contributed by atoms with E-state index >= 15 is 0 Å². The number of alkyl halides is 3. The Balaban J connectivity index is 0.00000272. The summed E-state index contributed by atoms with van der Waals surface area (Å²) in [7, 11) is 0. The van der Waals surface area contributed by atoms with E-state index in [4.69, 9.17) is 16.4 Å². The minimum atomic E-state index is -5.05. The number of nitrogens with two attached hydrogens (primary N) is 1. The average molecular weight is 459 g/mol. The number of benzene rings is 1. The van der Waals surface area contributed by atoms with Crippen LogP contribution in [0.1, 0.15) is 45.2 Å². The molecule has 0 unspecified atom stereocenters. The van der Waals surface area contributed by atoms with Crippen LogP contribution in [-0.2, 0) is 11.0 Å². The van der Waals surface area contributed by atoms with Crippen LogP contribution in [0, 0.1) is 28.5 Å². The van der Waals surface area contributed by atoms with Gasteiger partial charge in [0.15, 0.2) is 17.8 Å². The zero-order valence-corrected chi connectivity index (χ0v) is 16.4. The van der Waals surface area contributed by atoms with Gasteiger partial charge in [-0.3, -0.25) is 10.2 Å². The fourth-order valence-electron chi connectivity index (χ4n) is 3.98. The van der Waals surface area contributed by atoms with E-state index in [2.05, 4.69) is 0 Å². The van der Waals surface area contributed by atoms with Gasteiger partial charge in [0.05, 0.1) is 12.1 Å². The highest BCUT2D eigenvalue weighted by Crippen LogP contribution is 2.41. The first-order valence-electron chi connectivity index (χ1n) is 9.60. The minimum absolute atomic E-state index is 0. The molecule has 2 aliphatic heterocycles. The number of halogens is 5. The highest BCUT2D eigenvalue weighted by Gasteiger charge is 2.41. The molecule has 2 aliphatic rings. The van der Waals surface area contributed by atoms with Gasteiger partial charge in [0.1, 0.15) is 5.71 Å². The molecule has 1 aromatic rings. The second kappa shape index (κ2) is 9.54. The molecule has 1 aromatic carbocycles. The van der Waals surface area contributed by atoms with Crippen molar-refractivity contribution in [2.75, 3.05) is 26.2 Å². The molecule has 0 saturated carbocycles. The Labute approximate surface area is 184 Å². The van der Waals surface area contributed by atoms with Crippen LogP contribution in [-0.4, -0.2) is 47.6 Å². The number of hydrogen-bond donors (Lipinski definition) is 2. The van der Waals surface area contributed by atoms with Crippen LogP contribution in [0.2, 0.25) is 0 Å². The molecule has 32 heavy (non-hydrogen) atoms. The SMILES string of the molecule is C.N#CN1CCC(N)=C(C(=N)C(=O)N2CCC(c3ccc(F)c(F)c3C(F)(F)F)CC2)C1.[HH]. The quantitative estimate of drug-likeness (QED) is 0.406. The number of likely N-dealkylation sites (tertiary alicyclic amines) is 1. The van der Waals surface area contributed by atoms with Crippen molar-refractivity contribution in [2.45, 2.75) is 38.8 Å². The maximum Gasteiger partial charge on any atom is 0.419 e. The van der Waals surface area contributed by atoms with Gasteiger partial charge < -0.3 is 15.5 Å². The lowest BCUT2D eigenvalue weighted by Crippen LogP contribution is -2.44. The Morgan fingerprint density at radius 2 is 1.84 bits per heavy atom. The molecule has 0 radical (unpaired) electrons. The Morgan fingerprint density at radius 3 is 2.41 bits per heavy atom. The first-order valence-corrected chi connectivity index (χ1v) is 9.60. The molecule has 0 aliphatic carbocycles. The Kier molecular flexibility index (Phi) is 7.49. The van der Waals surface area contributed by atoms with E-state index in [-0.39, 0.29) is 58.2 Å². The number of nitrogens with one attached hydrogen (secondary N) is 1. The first kappa shape index (κ1) is 25.1. The summed E-state index contributed by atoms with van der Waals surface area (Å²) in [6.07, 6.45) is -2.55. The Morgan fingerprint density at radius 1 is 1.22 bits per heavy atom.